The van der Waals surface area contributed by atoms with Crippen molar-refractivity contribution < 1.29 is 15.4 Å². The van der Waals surface area contributed by atoms with Gasteiger partial charge in [0.05, 0.1) is 8.52 Å². The quantitative estimate of drug-likeness (QED) is 0.0967. The standard InChI is InChI=1S/C19H14BrNO.C19H15NO.CH3F.BHNS/c20-16-8-12-19(13-9-16)21(17-4-2-1-3-5-17)18-10-6-15(14-22)7-11-18;21-15-16-11-13-19(14-12-16)20(17-7-3-1-4-8-17)18-9-5-2-6-10-18;1-2;1-2-3/h1-14H;1-15H;1H3;3H/i;;1D;. The summed E-state index contributed by atoms with van der Waals surface area (Å²) in [6, 6.07) is 53.8. The van der Waals surface area contributed by atoms with E-state index in [9.17, 15) is 14.0 Å². The van der Waals surface area contributed by atoms with E-state index < -0.39 is 7.15 Å². The summed E-state index contributed by atoms with van der Waals surface area (Å²) in [7, 11) is 3.34. The molecule has 0 aliphatic carbocycles. The van der Waals surface area contributed by atoms with Gasteiger partial charge in [0.15, 0.2) is 0 Å². The van der Waals surface area contributed by atoms with E-state index in [1.54, 1.807) is 0 Å². The van der Waals surface area contributed by atoms with Gasteiger partial charge in [-0.1, -0.05) is 70.5 Å². The van der Waals surface area contributed by atoms with Crippen molar-refractivity contribution in [3.8, 4) is 0 Å². The minimum absolute atomic E-state index is 0.674. The van der Waals surface area contributed by atoms with Gasteiger partial charge in [0.2, 0.25) is 0 Å². The summed E-state index contributed by atoms with van der Waals surface area (Å²) < 4.78 is 19.2. The van der Waals surface area contributed by atoms with Gasteiger partial charge in [0.25, 0.3) is 0 Å². The molecule has 0 saturated carbocycles. The third-order valence-electron chi connectivity index (χ3n) is 6.70. The summed E-state index contributed by atoms with van der Waals surface area (Å²) in [5.41, 5.74) is 7.70. The Kier molecular flexibility index (Phi) is 15.6. The first kappa shape index (κ1) is 35.7. The van der Waals surface area contributed by atoms with Crippen molar-refractivity contribution in [3.63, 3.8) is 0 Å². The van der Waals surface area contributed by atoms with Gasteiger partial charge >= 0.3 is 24.8 Å². The van der Waals surface area contributed by atoms with Crippen LogP contribution in [0.2, 0.25) is 0 Å². The van der Waals surface area contributed by atoms with E-state index in [4.69, 9.17) is 1.37 Å². The number of alkyl halides is 1. The van der Waals surface area contributed by atoms with E-state index in [0.717, 1.165) is 51.2 Å². The van der Waals surface area contributed by atoms with Crippen LogP contribution in [-0.4, -0.2) is 27.4 Å². The van der Waals surface area contributed by atoms with Crippen molar-refractivity contribution >= 4 is 83.1 Å². The molecule has 0 bridgehead atoms. The molecule has 0 fully saturated rings. The summed E-state index contributed by atoms with van der Waals surface area (Å²) >= 11 is 6.66. The van der Waals surface area contributed by atoms with Gasteiger partial charge in [-0.15, -0.1) is 0 Å². The summed E-state index contributed by atoms with van der Waals surface area (Å²) in [5.74, 6) is 0. The van der Waals surface area contributed by atoms with Crippen LogP contribution in [0.25, 0.3) is 0 Å². The van der Waals surface area contributed by atoms with Crippen molar-refractivity contribution in [2.24, 2.45) is 4.30 Å². The fraction of sp³-hybridized carbons (Fsp3) is 0.0256. The first-order chi connectivity index (χ1) is 24.0. The van der Waals surface area contributed by atoms with Crippen molar-refractivity contribution in [1.29, 1.82) is 0 Å². The molecular formula is C39H33BBrFN3O2S. The molecule has 0 saturated heterocycles. The second-order valence-electron chi connectivity index (χ2n) is 9.69. The van der Waals surface area contributed by atoms with Crippen LogP contribution in [0.15, 0.2) is 173 Å². The molecule has 0 aliphatic heterocycles. The molecule has 0 spiro atoms. The van der Waals surface area contributed by atoms with Gasteiger partial charge in [-0.05, 0) is 109 Å². The van der Waals surface area contributed by atoms with Gasteiger partial charge in [-0.25, -0.2) is 0 Å². The molecule has 6 aromatic rings. The van der Waals surface area contributed by atoms with E-state index in [-0.39, 0.29) is 0 Å². The molecule has 0 unspecified atom stereocenters. The zero-order valence-electron chi connectivity index (χ0n) is 26.9. The summed E-state index contributed by atoms with van der Waals surface area (Å²) in [6.07, 6.45) is 1.72. The molecule has 6 aromatic carbocycles. The van der Waals surface area contributed by atoms with E-state index in [2.05, 4.69) is 99.0 Å². The number of rotatable bonds is 8. The van der Waals surface area contributed by atoms with Crippen molar-refractivity contribution in [1.82, 2.24) is 0 Å². The third-order valence-corrected chi connectivity index (χ3v) is 7.23. The fourth-order valence-electron chi connectivity index (χ4n) is 4.62. The molecule has 239 valence electrons. The average molecular weight is 718 g/mol. The van der Waals surface area contributed by atoms with Crippen molar-refractivity contribution in [2.75, 3.05) is 17.0 Å². The number of carbonyl (C=O) groups excluding carboxylic acids is 2. The maximum atomic E-state index is 10.8. The molecule has 5 nitrogen and oxygen atoms in total. The molecule has 0 atom stereocenters. The second-order valence-corrected chi connectivity index (χ2v) is 10.8. The molecule has 6 rings (SSSR count). The molecule has 0 heterocycles. The zero-order valence-corrected chi connectivity index (χ0v) is 28.4. The van der Waals surface area contributed by atoms with Gasteiger partial charge in [-0.2, -0.15) is 0 Å². The van der Waals surface area contributed by atoms with Crippen LogP contribution in [0.3, 0.4) is 0 Å². The second kappa shape index (κ2) is 20.9. The van der Waals surface area contributed by atoms with Crippen LogP contribution in [0.4, 0.5) is 38.5 Å². The predicted molar refractivity (Wildman–Crippen MR) is 205 cm³/mol. The molecule has 0 N–H and O–H groups in total. The fourth-order valence-corrected chi connectivity index (χ4v) is 4.88. The van der Waals surface area contributed by atoms with Gasteiger partial charge in [-0.3, -0.25) is 14.0 Å². The van der Waals surface area contributed by atoms with Crippen molar-refractivity contribution in [3.05, 3.63) is 179 Å². The molecule has 0 amide bonds. The first-order valence-electron chi connectivity index (χ1n) is 15.2. The summed E-state index contributed by atoms with van der Waals surface area (Å²) in [5, 5.41) is 0. The van der Waals surface area contributed by atoms with Crippen LogP contribution in [0.5, 0.6) is 0 Å². The van der Waals surface area contributed by atoms with E-state index in [1.165, 1.54) is 0 Å². The number of nitrogens with zero attached hydrogens (tertiary/aromatic N) is 3. The number of hydrogen-bond donors (Lipinski definition) is 1. The Morgan fingerprint density at radius 1 is 0.562 bits per heavy atom. The number of para-hydroxylation sites is 3. The van der Waals surface area contributed by atoms with Gasteiger partial charge < -0.3 is 9.80 Å². The van der Waals surface area contributed by atoms with E-state index >= 15 is 0 Å². The Morgan fingerprint density at radius 2 is 0.792 bits per heavy atom. The Morgan fingerprint density at radius 3 is 1.04 bits per heavy atom. The van der Waals surface area contributed by atoms with Gasteiger partial charge in [0, 0.05) is 49.7 Å². The third kappa shape index (κ3) is 11.0. The Bertz CT molecular complexity index is 1780. The number of benzene rings is 6. The average Bonchev–Trinajstić information content (AvgIpc) is 3.15. The SMILES string of the molecule is O=Cc1ccc(N(c2ccccc2)c2ccc(Br)cc2)cc1.O=Cc1ccc(N(c2ccccc2)c2ccccc2)cc1.[2H]CF.[B]=NS. The Balaban J connectivity index is 0.000000229. The van der Waals surface area contributed by atoms with Crippen LogP contribution in [0, 0.1) is 0 Å². The normalized spacial score (nSPS) is 9.75. The van der Waals surface area contributed by atoms with E-state index in [0.29, 0.717) is 11.1 Å². The first-order valence-corrected chi connectivity index (χ1v) is 15.7. The maximum absolute atomic E-state index is 10.8. The zero-order chi connectivity index (χ0) is 35.3. The number of anilines is 6. The van der Waals surface area contributed by atoms with Crippen molar-refractivity contribution in [2.45, 2.75) is 0 Å². The molecule has 48 heavy (non-hydrogen) atoms. The Hall–Kier alpha value is -5.12. The topological polar surface area (TPSA) is 53.0 Å². The number of hydrogen-bond acceptors (Lipinski definition) is 6. The predicted octanol–water partition coefficient (Wildman–Crippen LogP) is 11.5. The van der Waals surface area contributed by atoms with Crippen LogP contribution in [0.1, 0.15) is 22.1 Å². The number of aldehydes is 2. The van der Waals surface area contributed by atoms with Crippen LogP contribution in [-0.2, 0) is 0 Å². The number of carbonyl (C=O) groups is 2. The van der Waals surface area contributed by atoms with Gasteiger partial charge in [0.1, 0.15) is 12.6 Å². The monoisotopic (exact) mass is 717 g/mol. The Labute approximate surface area is 297 Å². The molecule has 1 radical (unpaired) electrons. The molecule has 0 aliphatic rings. The molecule has 0 aromatic heterocycles. The summed E-state index contributed by atoms with van der Waals surface area (Å²) in [4.78, 5) is 26.0. The summed E-state index contributed by atoms with van der Waals surface area (Å²) in [6.45, 7) is 0. The minimum atomic E-state index is -1.00. The molecule has 9 heteroatoms. The van der Waals surface area contributed by atoms with Crippen LogP contribution >= 0.6 is 28.7 Å². The molecular weight excluding hydrogens is 684 g/mol. The van der Waals surface area contributed by atoms with Crippen LogP contribution < -0.4 is 9.80 Å². The number of thiol groups is 1. The van der Waals surface area contributed by atoms with E-state index in [1.807, 2.05) is 115 Å². The number of halogens is 2.